The first-order valence-corrected chi connectivity index (χ1v) is 23.1. The van der Waals surface area contributed by atoms with E-state index < -0.39 is 17.0 Å². The predicted molar refractivity (Wildman–Crippen MR) is 230 cm³/mol. The van der Waals surface area contributed by atoms with Crippen LogP contribution < -0.4 is 9.80 Å². The summed E-state index contributed by atoms with van der Waals surface area (Å²) in [6.07, 6.45) is 0. The van der Waals surface area contributed by atoms with Gasteiger partial charge in [0.15, 0.2) is 0 Å². The Morgan fingerprint density at radius 3 is 1.02 bits per heavy atom. The molecule has 4 aromatic carbocycles. The zero-order chi connectivity index (χ0) is 42.1. The molecule has 0 bridgehead atoms. The molecule has 6 nitrogen and oxygen atoms in total. The van der Waals surface area contributed by atoms with E-state index in [1.165, 1.54) is 0 Å². The molecule has 0 spiro atoms. The minimum atomic E-state index is -0.556. The number of carbonyl (C=O) groups excluding carboxylic acids is 2. The van der Waals surface area contributed by atoms with E-state index >= 15 is 0 Å². The molecule has 0 radical (unpaired) electrons. The molecule has 2 amide bonds. The molecule has 0 saturated heterocycles. The molecular weight excluding hydrogens is 763 g/mol. The Morgan fingerprint density at radius 1 is 0.527 bits per heavy atom. The van der Waals surface area contributed by atoms with Gasteiger partial charge in [-0.15, -0.1) is 0 Å². The second-order valence-electron chi connectivity index (χ2n) is 17.7. The van der Waals surface area contributed by atoms with Crippen LogP contribution in [0.4, 0.5) is 11.4 Å². The van der Waals surface area contributed by atoms with Crippen molar-refractivity contribution in [2.45, 2.75) is 119 Å². The van der Waals surface area contributed by atoms with Crippen molar-refractivity contribution in [3.63, 3.8) is 0 Å². The van der Waals surface area contributed by atoms with Crippen molar-refractivity contribution >= 4 is 41.8 Å². The van der Waals surface area contributed by atoms with Gasteiger partial charge in [0.25, 0.3) is 11.8 Å². The maximum absolute atomic E-state index is 13.3. The van der Waals surface area contributed by atoms with Gasteiger partial charge in [0.2, 0.25) is 0 Å². The van der Waals surface area contributed by atoms with E-state index in [0.717, 1.165) is 33.6 Å². The third-order valence-electron chi connectivity index (χ3n) is 9.29. The molecule has 0 fully saturated rings. The van der Waals surface area contributed by atoms with E-state index in [1.807, 2.05) is 98.8 Å². The number of phenols is 2. The van der Waals surface area contributed by atoms with Gasteiger partial charge in [0, 0.05) is 35.6 Å². The third-order valence-corrected chi connectivity index (χ3v) is 9.29. The Morgan fingerprint density at radius 2 is 0.800 bits per heavy atom. The number of hydrogen-bond donors (Lipinski definition) is 2. The van der Waals surface area contributed by atoms with Gasteiger partial charge >= 0.3 is 35.6 Å². The first kappa shape index (κ1) is 47.9. The van der Waals surface area contributed by atoms with Crippen LogP contribution in [0.25, 0.3) is 0 Å². The topological polar surface area (TPSA) is 81.1 Å². The Labute approximate surface area is 347 Å². The fourth-order valence-electron chi connectivity index (χ4n) is 6.00. The van der Waals surface area contributed by atoms with E-state index in [4.69, 9.17) is 18.6 Å². The van der Waals surface area contributed by atoms with Crippen LogP contribution >= 0.6 is 18.6 Å². The molecule has 55 heavy (non-hydrogen) atoms. The van der Waals surface area contributed by atoms with E-state index in [0.29, 0.717) is 24.2 Å². The fourth-order valence-corrected chi connectivity index (χ4v) is 6.00. The Balaban J connectivity index is 0.000000355. The van der Waals surface area contributed by atoms with Crippen molar-refractivity contribution in [1.29, 1.82) is 0 Å². The normalized spacial score (nSPS) is 11.7. The SMILES string of the molecule is CCN(C(=O)c1cc(C(C)(C)C)cc(C(C)(C)C)c1O)c1ccccc1.CCN(C(=O)c1cc(C(C)(C)C)cc(C(C)(C)C)c1O)c1ccccc1.[Cl][Ti][Cl]. The van der Waals surface area contributed by atoms with Gasteiger partial charge in [-0.05, 0) is 83.0 Å². The van der Waals surface area contributed by atoms with Crippen molar-refractivity contribution in [2.75, 3.05) is 22.9 Å². The molecule has 0 heterocycles. The average molecular weight is 826 g/mol. The van der Waals surface area contributed by atoms with Gasteiger partial charge < -0.3 is 20.0 Å². The predicted octanol–water partition coefficient (Wildman–Crippen LogP) is 12.7. The van der Waals surface area contributed by atoms with Crippen molar-refractivity contribution in [3.05, 3.63) is 118 Å². The Bertz CT molecular complexity index is 1730. The first-order chi connectivity index (χ1) is 25.3. The summed E-state index contributed by atoms with van der Waals surface area (Å²) >= 11 is -0.556. The second-order valence-corrected chi connectivity index (χ2v) is 20.3. The molecule has 9 heteroatoms. The number of rotatable bonds is 6. The molecule has 0 aliphatic carbocycles. The van der Waals surface area contributed by atoms with Crippen molar-refractivity contribution < 1.29 is 36.8 Å². The van der Waals surface area contributed by atoms with E-state index in [9.17, 15) is 19.8 Å². The monoisotopic (exact) mass is 824 g/mol. The molecule has 0 atom stereocenters. The number of hydrogen-bond acceptors (Lipinski definition) is 4. The summed E-state index contributed by atoms with van der Waals surface area (Å²) in [6.45, 7) is 30.0. The molecule has 4 aromatic rings. The van der Waals surface area contributed by atoms with Gasteiger partial charge in [0.1, 0.15) is 11.5 Å². The number of halogens is 2. The van der Waals surface area contributed by atoms with Gasteiger partial charge in [-0.3, -0.25) is 9.59 Å². The number of phenolic OH excluding ortho intramolecular Hbond substituents is 2. The van der Waals surface area contributed by atoms with E-state index in [2.05, 4.69) is 83.1 Å². The molecule has 0 aliphatic rings. The number of carbonyl (C=O) groups is 2. The molecule has 298 valence electrons. The average Bonchev–Trinajstić information content (AvgIpc) is 3.08. The van der Waals surface area contributed by atoms with Gasteiger partial charge in [-0.1, -0.05) is 132 Å². The van der Waals surface area contributed by atoms with E-state index in [-0.39, 0.29) is 45.0 Å². The van der Waals surface area contributed by atoms with Crippen LogP contribution in [0.3, 0.4) is 0 Å². The summed E-state index contributed by atoms with van der Waals surface area (Å²) in [6, 6.07) is 26.9. The molecule has 0 saturated carbocycles. The van der Waals surface area contributed by atoms with Crippen LogP contribution in [-0.2, 0) is 38.7 Å². The summed E-state index contributed by atoms with van der Waals surface area (Å²) in [5.41, 5.74) is 5.35. The molecular formula is C46H62Cl2N2O4Ti. The van der Waals surface area contributed by atoms with Gasteiger partial charge in [-0.25, -0.2) is 0 Å². The van der Waals surface area contributed by atoms with Gasteiger partial charge in [-0.2, -0.15) is 0 Å². The number of nitrogens with zero attached hydrogens (tertiary/aromatic N) is 2. The molecule has 4 rings (SSSR count). The summed E-state index contributed by atoms with van der Waals surface area (Å²) < 4.78 is 0. The summed E-state index contributed by atoms with van der Waals surface area (Å²) in [4.78, 5) is 30.0. The summed E-state index contributed by atoms with van der Waals surface area (Å²) in [5.74, 6) is -0.171. The molecule has 0 aliphatic heterocycles. The van der Waals surface area contributed by atoms with Crippen molar-refractivity contribution in [2.24, 2.45) is 0 Å². The Kier molecular flexibility index (Phi) is 17.2. The minimum absolute atomic E-state index is 0.0879. The van der Waals surface area contributed by atoms with Gasteiger partial charge in [0.05, 0.1) is 11.1 Å². The zero-order valence-electron chi connectivity index (χ0n) is 35.4. The maximum atomic E-state index is 13.3. The molecule has 0 aromatic heterocycles. The first-order valence-electron chi connectivity index (χ1n) is 18.8. The van der Waals surface area contributed by atoms with Crippen LogP contribution in [0.15, 0.2) is 84.9 Å². The number of para-hydroxylation sites is 2. The third kappa shape index (κ3) is 12.9. The molecule has 2 N–H and O–H groups in total. The van der Waals surface area contributed by atoms with Crippen molar-refractivity contribution in [3.8, 4) is 11.5 Å². The number of amides is 2. The standard InChI is InChI=1S/2C23H31NO2.2ClH.Ti/c2*1-8-24(17-12-10-9-11-13-17)21(26)18-14-16(22(2,3)4)15-19(20(18)25)23(5,6)7;;;/h2*9-15,25H,8H2,1-7H3;2*1H;/q;;;;+2/p-2. The number of benzene rings is 4. The second kappa shape index (κ2) is 19.7. The van der Waals surface area contributed by atoms with Crippen LogP contribution in [0.2, 0.25) is 0 Å². The summed E-state index contributed by atoms with van der Waals surface area (Å²) in [5, 5.41) is 21.9. The van der Waals surface area contributed by atoms with Crippen LogP contribution in [0.5, 0.6) is 11.5 Å². The van der Waals surface area contributed by atoms with Crippen molar-refractivity contribution in [1.82, 2.24) is 0 Å². The number of anilines is 2. The van der Waals surface area contributed by atoms with Crippen LogP contribution in [0.1, 0.15) is 140 Å². The molecule has 0 unspecified atom stereocenters. The fraction of sp³-hybridized carbons (Fsp3) is 0.435. The zero-order valence-corrected chi connectivity index (χ0v) is 38.4. The summed E-state index contributed by atoms with van der Waals surface area (Å²) in [7, 11) is 9.78. The van der Waals surface area contributed by atoms with Crippen LogP contribution in [-0.4, -0.2) is 35.1 Å². The van der Waals surface area contributed by atoms with E-state index in [1.54, 1.807) is 9.80 Å². The quantitative estimate of drug-likeness (QED) is 0.190. The van der Waals surface area contributed by atoms with Crippen LogP contribution in [0, 0.1) is 0 Å². The number of aromatic hydroxyl groups is 2. The Hall–Kier alpha value is -3.29.